The molecule has 1 amide bonds. The number of aromatic nitrogens is 2. The van der Waals surface area contributed by atoms with E-state index < -0.39 is 0 Å². The number of rotatable bonds is 6. The number of nitrogens with zero attached hydrogens (tertiary/aromatic N) is 3. The van der Waals surface area contributed by atoms with Crippen LogP contribution in [0.3, 0.4) is 0 Å². The van der Waals surface area contributed by atoms with Crippen molar-refractivity contribution in [2.45, 2.75) is 20.4 Å². The molecule has 0 spiro atoms. The quantitative estimate of drug-likeness (QED) is 0.673. The maximum atomic E-state index is 12.6. The largest absolute Gasteiger partial charge is 0.492 e. The van der Waals surface area contributed by atoms with Gasteiger partial charge in [-0.3, -0.25) is 9.59 Å². The Morgan fingerprint density at radius 3 is 2.44 bits per heavy atom. The van der Waals surface area contributed by atoms with Gasteiger partial charge in [0, 0.05) is 12.4 Å². The SMILES string of the molecule is Cc1ccc(OCCN(C)C(=O)Cn2nc(C)c3ccccc3c2=O)cc1. The Labute approximate surface area is 158 Å². The number of aryl methyl sites for hydroxylation is 2. The first-order valence-electron chi connectivity index (χ1n) is 8.85. The topological polar surface area (TPSA) is 64.4 Å². The zero-order chi connectivity index (χ0) is 19.4. The van der Waals surface area contributed by atoms with Crippen molar-refractivity contribution in [2.24, 2.45) is 0 Å². The van der Waals surface area contributed by atoms with E-state index in [9.17, 15) is 9.59 Å². The Kier molecular flexibility index (Phi) is 5.54. The van der Waals surface area contributed by atoms with Crippen molar-refractivity contribution < 1.29 is 9.53 Å². The first-order chi connectivity index (χ1) is 13.0. The van der Waals surface area contributed by atoms with Crippen molar-refractivity contribution in [2.75, 3.05) is 20.2 Å². The molecule has 0 atom stereocenters. The summed E-state index contributed by atoms with van der Waals surface area (Å²) in [6.07, 6.45) is 0. The number of benzene rings is 2. The van der Waals surface area contributed by atoms with E-state index in [0.29, 0.717) is 18.5 Å². The molecular formula is C21H23N3O3. The van der Waals surface area contributed by atoms with Crippen LogP contribution in [0.5, 0.6) is 5.75 Å². The molecule has 0 unspecified atom stereocenters. The van der Waals surface area contributed by atoms with Gasteiger partial charge < -0.3 is 9.64 Å². The fourth-order valence-corrected chi connectivity index (χ4v) is 2.82. The standard InChI is InChI=1S/C21H23N3O3/c1-15-8-10-17(11-9-15)27-13-12-23(3)20(25)14-24-21(26)19-7-5-4-6-18(19)16(2)22-24/h4-11H,12-14H2,1-3H3. The van der Waals surface area contributed by atoms with Crippen LogP contribution in [-0.4, -0.2) is 40.8 Å². The van der Waals surface area contributed by atoms with Gasteiger partial charge in [-0.2, -0.15) is 5.10 Å². The zero-order valence-corrected chi connectivity index (χ0v) is 15.8. The molecule has 0 aliphatic rings. The Hall–Kier alpha value is -3.15. The number of carbonyl (C=O) groups is 1. The van der Waals surface area contributed by atoms with Gasteiger partial charge in [0.2, 0.25) is 5.91 Å². The van der Waals surface area contributed by atoms with Crippen molar-refractivity contribution in [3.63, 3.8) is 0 Å². The summed E-state index contributed by atoms with van der Waals surface area (Å²) in [5.41, 5.74) is 1.63. The molecule has 0 saturated heterocycles. The number of likely N-dealkylation sites (N-methyl/N-ethyl adjacent to an activating group) is 1. The predicted molar refractivity (Wildman–Crippen MR) is 105 cm³/mol. The molecule has 0 saturated carbocycles. The Bertz CT molecular complexity index is 1010. The normalized spacial score (nSPS) is 10.8. The highest BCUT2D eigenvalue weighted by atomic mass is 16.5. The molecule has 3 rings (SSSR count). The van der Waals surface area contributed by atoms with Crippen molar-refractivity contribution >= 4 is 16.7 Å². The average Bonchev–Trinajstić information content (AvgIpc) is 2.67. The van der Waals surface area contributed by atoms with E-state index in [-0.39, 0.29) is 18.0 Å². The van der Waals surface area contributed by atoms with E-state index in [1.807, 2.05) is 56.3 Å². The van der Waals surface area contributed by atoms with Crippen molar-refractivity contribution in [3.8, 4) is 5.75 Å². The van der Waals surface area contributed by atoms with Crippen LogP contribution in [0.1, 0.15) is 11.3 Å². The molecule has 0 aliphatic heterocycles. The second kappa shape index (κ2) is 8.03. The van der Waals surface area contributed by atoms with Gasteiger partial charge in [0.05, 0.1) is 17.6 Å². The van der Waals surface area contributed by atoms with Gasteiger partial charge in [-0.25, -0.2) is 4.68 Å². The van der Waals surface area contributed by atoms with E-state index in [4.69, 9.17) is 4.74 Å². The van der Waals surface area contributed by atoms with Crippen LogP contribution in [-0.2, 0) is 11.3 Å². The molecule has 1 aromatic heterocycles. The minimum absolute atomic E-state index is 0.0917. The summed E-state index contributed by atoms with van der Waals surface area (Å²) in [6.45, 7) is 4.56. The molecule has 0 N–H and O–H groups in total. The highest BCUT2D eigenvalue weighted by molar-refractivity contribution is 5.83. The molecule has 3 aromatic rings. The molecule has 0 fully saturated rings. The zero-order valence-electron chi connectivity index (χ0n) is 15.8. The van der Waals surface area contributed by atoms with Gasteiger partial charge >= 0.3 is 0 Å². The second-order valence-corrected chi connectivity index (χ2v) is 6.57. The summed E-state index contributed by atoms with van der Waals surface area (Å²) in [5.74, 6) is 0.580. The van der Waals surface area contributed by atoms with Gasteiger partial charge in [-0.1, -0.05) is 35.9 Å². The Morgan fingerprint density at radius 2 is 1.74 bits per heavy atom. The predicted octanol–water partition coefficient (Wildman–Crippen LogP) is 2.55. The van der Waals surface area contributed by atoms with Crippen LogP contribution in [0.2, 0.25) is 0 Å². The fraction of sp³-hybridized carbons (Fsp3) is 0.286. The summed E-state index contributed by atoms with van der Waals surface area (Å²) in [4.78, 5) is 26.6. The van der Waals surface area contributed by atoms with Gasteiger partial charge in [-0.05, 0) is 32.0 Å². The van der Waals surface area contributed by atoms with Crippen LogP contribution < -0.4 is 10.3 Å². The molecule has 1 heterocycles. The highest BCUT2D eigenvalue weighted by Crippen LogP contribution is 2.12. The number of amides is 1. The number of hydrogen-bond donors (Lipinski definition) is 0. The van der Waals surface area contributed by atoms with Crippen LogP contribution in [0, 0.1) is 13.8 Å². The van der Waals surface area contributed by atoms with E-state index in [1.54, 1.807) is 18.0 Å². The van der Waals surface area contributed by atoms with E-state index >= 15 is 0 Å². The van der Waals surface area contributed by atoms with Crippen LogP contribution in [0.4, 0.5) is 0 Å². The van der Waals surface area contributed by atoms with Crippen molar-refractivity contribution in [3.05, 3.63) is 70.1 Å². The van der Waals surface area contributed by atoms with Gasteiger partial charge in [-0.15, -0.1) is 0 Å². The summed E-state index contributed by atoms with van der Waals surface area (Å²) in [6, 6.07) is 15.1. The molecule has 0 bridgehead atoms. The minimum atomic E-state index is -0.256. The van der Waals surface area contributed by atoms with Crippen LogP contribution >= 0.6 is 0 Å². The van der Waals surface area contributed by atoms with Crippen LogP contribution in [0.25, 0.3) is 10.8 Å². The number of ether oxygens (including phenoxy) is 1. The van der Waals surface area contributed by atoms with E-state index in [0.717, 1.165) is 16.8 Å². The molecule has 6 heteroatoms. The number of carbonyl (C=O) groups excluding carboxylic acids is 1. The molecule has 140 valence electrons. The molecule has 2 aromatic carbocycles. The number of fused-ring (bicyclic) bond motifs is 1. The maximum absolute atomic E-state index is 12.6. The third-order valence-electron chi connectivity index (χ3n) is 4.48. The first kappa shape index (κ1) is 18.6. The van der Waals surface area contributed by atoms with Crippen molar-refractivity contribution in [1.29, 1.82) is 0 Å². The van der Waals surface area contributed by atoms with E-state index in [1.165, 1.54) is 10.2 Å². The summed E-state index contributed by atoms with van der Waals surface area (Å²) >= 11 is 0. The summed E-state index contributed by atoms with van der Waals surface area (Å²) in [7, 11) is 1.69. The third kappa shape index (κ3) is 4.34. The maximum Gasteiger partial charge on any atom is 0.275 e. The van der Waals surface area contributed by atoms with E-state index in [2.05, 4.69) is 5.10 Å². The molecule has 0 radical (unpaired) electrons. The Morgan fingerprint density at radius 1 is 1.07 bits per heavy atom. The molecular weight excluding hydrogens is 342 g/mol. The molecule has 27 heavy (non-hydrogen) atoms. The summed E-state index contributed by atoms with van der Waals surface area (Å²) < 4.78 is 6.89. The lowest BCUT2D eigenvalue weighted by Gasteiger charge is -2.18. The van der Waals surface area contributed by atoms with Gasteiger partial charge in [0.1, 0.15) is 18.9 Å². The summed E-state index contributed by atoms with van der Waals surface area (Å²) in [5, 5.41) is 5.67. The van der Waals surface area contributed by atoms with Gasteiger partial charge in [0.25, 0.3) is 5.56 Å². The lowest BCUT2D eigenvalue weighted by Crippen LogP contribution is -2.37. The smallest absolute Gasteiger partial charge is 0.275 e. The Balaban J connectivity index is 1.63. The van der Waals surface area contributed by atoms with Crippen molar-refractivity contribution in [1.82, 2.24) is 14.7 Å². The lowest BCUT2D eigenvalue weighted by atomic mass is 10.1. The monoisotopic (exact) mass is 365 g/mol. The minimum Gasteiger partial charge on any atom is -0.492 e. The average molecular weight is 365 g/mol. The lowest BCUT2D eigenvalue weighted by molar-refractivity contribution is -0.131. The second-order valence-electron chi connectivity index (χ2n) is 6.57. The number of hydrogen-bond acceptors (Lipinski definition) is 4. The third-order valence-corrected chi connectivity index (χ3v) is 4.48. The molecule has 0 aliphatic carbocycles. The molecule has 6 nitrogen and oxygen atoms in total. The highest BCUT2D eigenvalue weighted by Gasteiger charge is 2.14. The first-order valence-corrected chi connectivity index (χ1v) is 8.85. The fourth-order valence-electron chi connectivity index (χ4n) is 2.82. The van der Waals surface area contributed by atoms with Gasteiger partial charge in [0.15, 0.2) is 0 Å². The van der Waals surface area contributed by atoms with Crippen LogP contribution in [0.15, 0.2) is 53.3 Å².